The summed E-state index contributed by atoms with van der Waals surface area (Å²) in [6.45, 7) is 4.15. The molecule has 2 aromatic carbocycles. The van der Waals surface area contributed by atoms with Gasteiger partial charge < -0.3 is 14.8 Å². The molecule has 0 aliphatic heterocycles. The Balaban J connectivity index is 1.98. The molecule has 0 saturated heterocycles. The first-order valence-corrected chi connectivity index (χ1v) is 7.91. The highest BCUT2D eigenvalue weighted by atomic mass is 16.5. The van der Waals surface area contributed by atoms with Crippen LogP contribution >= 0.6 is 0 Å². The number of ether oxygens (including phenoxy) is 2. The lowest BCUT2D eigenvalue weighted by molar-refractivity contribution is -0.114. The molecule has 0 bridgehead atoms. The Hall–Kier alpha value is -2.82. The average Bonchev–Trinajstić information content (AvgIpc) is 2.57. The van der Waals surface area contributed by atoms with Gasteiger partial charge in [-0.3, -0.25) is 4.79 Å². The van der Waals surface area contributed by atoms with Gasteiger partial charge in [0.05, 0.1) is 12.2 Å². The summed E-state index contributed by atoms with van der Waals surface area (Å²) >= 11 is 0. The van der Waals surface area contributed by atoms with Crippen LogP contribution in [-0.4, -0.2) is 18.5 Å². The van der Waals surface area contributed by atoms with E-state index in [0.29, 0.717) is 29.4 Å². The number of rotatable bonds is 7. The van der Waals surface area contributed by atoms with Crippen LogP contribution in [0.2, 0.25) is 0 Å². The molecular formula is C19H21NO4. The first-order chi connectivity index (χ1) is 11.6. The molecular weight excluding hydrogens is 306 g/mol. The van der Waals surface area contributed by atoms with Gasteiger partial charge in [-0.15, -0.1) is 0 Å². The van der Waals surface area contributed by atoms with Crippen LogP contribution in [0.15, 0.2) is 48.5 Å². The van der Waals surface area contributed by atoms with E-state index in [-0.39, 0.29) is 5.91 Å². The fourth-order valence-corrected chi connectivity index (χ4v) is 2.02. The molecule has 2 aromatic rings. The van der Waals surface area contributed by atoms with E-state index in [1.807, 2.05) is 6.07 Å². The van der Waals surface area contributed by atoms with Gasteiger partial charge in [0.15, 0.2) is 0 Å². The lowest BCUT2D eigenvalue weighted by Crippen LogP contribution is -2.09. The molecule has 0 spiro atoms. The zero-order chi connectivity index (χ0) is 17.4. The minimum atomic E-state index is -0.455. The molecule has 126 valence electrons. The van der Waals surface area contributed by atoms with Crippen LogP contribution in [0.5, 0.6) is 11.5 Å². The third-order valence-corrected chi connectivity index (χ3v) is 3.22. The Bertz CT molecular complexity index is 695. The van der Waals surface area contributed by atoms with Crippen LogP contribution in [0.1, 0.15) is 37.0 Å². The summed E-state index contributed by atoms with van der Waals surface area (Å²) in [5, 5.41) is 2.65. The van der Waals surface area contributed by atoms with Gasteiger partial charge in [-0.05, 0) is 48.9 Å². The van der Waals surface area contributed by atoms with E-state index in [2.05, 4.69) is 12.2 Å². The van der Waals surface area contributed by atoms with Gasteiger partial charge in [-0.1, -0.05) is 19.4 Å². The Morgan fingerprint density at radius 3 is 2.46 bits per heavy atom. The molecule has 0 atom stereocenters. The monoisotopic (exact) mass is 327 g/mol. The van der Waals surface area contributed by atoms with Gasteiger partial charge in [-0.25, -0.2) is 4.79 Å². The number of carbonyl (C=O) groups excluding carboxylic acids is 2. The maximum absolute atomic E-state index is 12.2. The van der Waals surface area contributed by atoms with Crippen LogP contribution in [-0.2, 0) is 4.79 Å². The van der Waals surface area contributed by atoms with Crippen molar-refractivity contribution in [1.29, 1.82) is 0 Å². The summed E-state index contributed by atoms with van der Waals surface area (Å²) < 4.78 is 10.9. The summed E-state index contributed by atoms with van der Waals surface area (Å²) in [5.41, 5.74) is 1.07. The van der Waals surface area contributed by atoms with Crippen molar-refractivity contribution in [2.75, 3.05) is 11.9 Å². The lowest BCUT2D eigenvalue weighted by Gasteiger charge is -2.08. The maximum Gasteiger partial charge on any atom is 0.343 e. The quantitative estimate of drug-likeness (QED) is 0.473. The first-order valence-electron chi connectivity index (χ1n) is 7.91. The summed E-state index contributed by atoms with van der Waals surface area (Å²) in [5.74, 6) is 0.452. The number of nitrogens with one attached hydrogen (secondary N) is 1. The summed E-state index contributed by atoms with van der Waals surface area (Å²) in [7, 11) is 0. The smallest absolute Gasteiger partial charge is 0.343 e. The molecule has 0 unspecified atom stereocenters. The van der Waals surface area contributed by atoms with E-state index in [4.69, 9.17) is 9.47 Å². The average molecular weight is 327 g/mol. The standard InChI is InChI=1S/C19H21NO4/c1-3-4-12-23-18-7-5-6-15(13-18)19(22)24-17-10-8-16(9-11-17)20-14(2)21/h5-11,13H,3-4,12H2,1-2H3,(H,20,21). The lowest BCUT2D eigenvalue weighted by atomic mass is 10.2. The molecule has 1 amide bonds. The van der Waals surface area contributed by atoms with E-state index in [0.717, 1.165) is 12.8 Å². The minimum Gasteiger partial charge on any atom is -0.494 e. The normalized spacial score (nSPS) is 10.1. The fourth-order valence-electron chi connectivity index (χ4n) is 2.02. The van der Waals surface area contributed by atoms with E-state index in [1.54, 1.807) is 42.5 Å². The van der Waals surface area contributed by atoms with Crippen LogP contribution in [0, 0.1) is 0 Å². The SMILES string of the molecule is CCCCOc1cccc(C(=O)Oc2ccc(NC(C)=O)cc2)c1. The first kappa shape index (κ1) is 17.5. The number of hydrogen-bond donors (Lipinski definition) is 1. The second-order valence-corrected chi connectivity index (χ2v) is 5.32. The van der Waals surface area contributed by atoms with Crippen LogP contribution < -0.4 is 14.8 Å². The third-order valence-electron chi connectivity index (χ3n) is 3.22. The molecule has 2 rings (SSSR count). The van der Waals surface area contributed by atoms with Crippen molar-refractivity contribution in [3.8, 4) is 11.5 Å². The number of benzene rings is 2. The van der Waals surface area contributed by atoms with Crippen molar-refractivity contribution in [1.82, 2.24) is 0 Å². The molecule has 0 aliphatic rings. The minimum absolute atomic E-state index is 0.153. The second-order valence-electron chi connectivity index (χ2n) is 5.32. The Labute approximate surface area is 141 Å². The fraction of sp³-hybridized carbons (Fsp3) is 0.263. The van der Waals surface area contributed by atoms with Gasteiger partial charge in [0.1, 0.15) is 11.5 Å². The van der Waals surface area contributed by atoms with Crippen molar-refractivity contribution >= 4 is 17.6 Å². The molecule has 0 saturated carbocycles. The van der Waals surface area contributed by atoms with Gasteiger partial charge in [0.25, 0.3) is 0 Å². The molecule has 24 heavy (non-hydrogen) atoms. The van der Waals surface area contributed by atoms with E-state index >= 15 is 0 Å². The molecule has 0 radical (unpaired) electrons. The molecule has 5 heteroatoms. The number of amides is 1. The summed E-state index contributed by atoms with van der Waals surface area (Å²) in [6.07, 6.45) is 2.02. The zero-order valence-electron chi connectivity index (χ0n) is 13.9. The van der Waals surface area contributed by atoms with Gasteiger partial charge >= 0.3 is 5.97 Å². The predicted octanol–water partition coefficient (Wildman–Crippen LogP) is 4.04. The van der Waals surface area contributed by atoms with Gasteiger partial charge in [0, 0.05) is 12.6 Å². The van der Waals surface area contributed by atoms with E-state index in [9.17, 15) is 9.59 Å². The molecule has 5 nitrogen and oxygen atoms in total. The summed E-state index contributed by atoms with van der Waals surface area (Å²) in [4.78, 5) is 23.2. The van der Waals surface area contributed by atoms with E-state index < -0.39 is 5.97 Å². The highest BCUT2D eigenvalue weighted by Crippen LogP contribution is 2.19. The number of esters is 1. The number of carbonyl (C=O) groups is 2. The highest BCUT2D eigenvalue weighted by Gasteiger charge is 2.10. The number of unbranched alkanes of at least 4 members (excludes halogenated alkanes) is 1. The molecule has 0 aromatic heterocycles. The third kappa shape index (κ3) is 5.43. The van der Waals surface area contributed by atoms with E-state index in [1.165, 1.54) is 6.92 Å². The molecule has 1 N–H and O–H groups in total. The Kier molecular flexibility index (Phi) is 6.37. The largest absolute Gasteiger partial charge is 0.494 e. The topological polar surface area (TPSA) is 64.6 Å². The second kappa shape index (κ2) is 8.72. The maximum atomic E-state index is 12.2. The van der Waals surface area contributed by atoms with Crippen molar-refractivity contribution < 1.29 is 19.1 Å². The zero-order valence-corrected chi connectivity index (χ0v) is 13.9. The van der Waals surface area contributed by atoms with Crippen LogP contribution in [0.3, 0.4) is 0 Å². The molecule has 0 fully saturated rings. The van der Waals surface area contributed by atoms with Crippen LogP contribution in [0.4, 0.5) is 5.69 Å². The molecule has 0 aliphatic carbocycles. The number of hydrogen-bond acceptors (Lipinski definition) is 4. The predicted molar refractivity (Wildman–Crippen MR) is 92.5 cm³/mol. The highest BCUT2D eigenvalue weighted by molar-refractivity contribution is 5.92. The van der Waals surface area contributed by atoms with Crippen molar-refractivity contribution in [3.05, 3.63) is 54.1 Å². The van der Waals surface area contributed by atoms with Crippen LogP contribution in [0.25, 0.3) is 0 Å². The Morgan fingerprint density at radius 2 is 1.79 bits per heavy atom. The van der Waals surface area contributed by atoms with Crippen molar-refractivity contribution in [2.24, 2.45) is 0 Å². The molecule has 0 heterocycles. The number of anilines is 1. The van der Waals surface area contributed by atoms with Crippen molar-refractivity contribution in [3.63, 3.8) is 0 Å². The van der Waals surface area contributed by atoms with Gasteiger partial charge in [0.2, 0.25) is 5.91 Å². The van der Waals surface area contributed by atoms with Gasteiger partial charge in [-0.2, -0.15) is 0 Å². The Morgan fingerprint density at radius 1 is 1.04 bits per heavy atom. The summed E-state index contributed by atoms with van der Waals surface area (Å²) in [6, 6.07) is 13.5. The van der Waals surface area contributed by atoms with Crippen molar-refractivity contribution in [2.45, 2.75) is 26.7 Å².